The van der Waals surface area contributed by atoms with Gasteiger partial charge >= 0.3 is 0 Å². The van der Waals surface area contributed by atoms with E-state index < -0.39 is 6.04 Å². The fourth-order valence-corrected chi connectivity index (χ4v) is 3.06. The van der Waals surface area contributed by atoms with Crippen LogP contribution in [0.5, 0.6) is 0 Å². The molecule has 1 aliphatic rings. The zero-order valence-corrected chi connectivity index (χ0v) is 14.3. The molecular weight excluding hydrogens is 356 g/mol. The average molecular weight is 373 g/mol. The van der Waals surface area contributed by atoms with Gasteiger partial charge in [0.15, 0.2) is 0 Å². The molecule has 0 unspecified atom stereocenters. The molecule has 0 aliphatic carbocycles. The number of carbonyl (C=O) groups is 2. The first-order chi connectivity index (χ1) is 11.1. The summed E-state index contributed by atoms with van der Waals surface area (Å²) in [6, 6.07) is 14.6. The summed E-state index contributed by atoms with van der Waals surface area (Å²) < 4.78 is 0.867. The molecule has 1 aliphatic heterocycles. The van der Waals surface area contributed by atoms with Crippen LogP contribution in [0.15, 0.2) is 53.0 Å². The molecule has 0 radical (unpaired) electrons. The Morgan fingerprint density at radius 1 is 1.13 bits per heavy atom. The highest BCUT2D eigenvalue weighted by Crippen LogP contribution is 2.28. The number of anilines is 2. The van der Waals surface area contributed by atoms with Crippen molar-refractivity contribution in [1.29, 1.82) is 0 Å². The van der Waals surface area contributed by atoms with Crippen molar-refractivity contribution in [3.63, 3.8) is 0 Å². The van der Waals surface area contributed by atoms with Gasteiger partial charge in [0.1, 0.15) is 6.04 Å². The highest BCUT2D eigenvalue weighted by Gasteiger charge is 2.39. The third-order valence-corrected chi connectivity index (χ3v) is 4.64. The Kier molecular flexibility index (Phi) is 4.48. The van der Waals surface area contributed by atoms with Crippen LogP contribution >= 0.6 is 15.9 Å². The van der Waals surface area contributed by atoms with Gasteiger partial charge in [0, 0.05) is 10.2 Å². The smallest absolute Gasteiger partial charge is 0.256 e. The summed E-state index contributed by atoms with van der Waals surface area (Å²) in [5, 5.41) is 3.15. The maximum absolute atomic E-state index is 12.6. The van der Waals surface area contributed by atoms with Crippen molar-refractivity contribution < 1.29 is 9.59 Å². The highest BCUT2D eigenvalue weighted by molar-refractivity contribution is 9.10. The minimum Gasteiger partial charge on any atom is -0.372 e. The molecule has 0 spiro atoms. The zero-order valence-electron chi connectivity index (χ0n) is 12.8. The Morgan fingerprint density at radius 2 is 1.83 bits per heavy atom. The first kappa shape index (κ1) is 15.7. The van der Waals surface area contributed by atoms with Crippen molar-refractivity contribution >= 4 is 39.1 Å². The molecule has 0 aromatic heterocycles. The number of imide groups is 1. The lowest BCUT2D eigenvalue weighted by Crippen LogP contribution is -2.34. The van der Waals surface area contributed by atoms with Crippen molar-refractivity contribution in [3.8, 4) is 0 Å². The molecular formula is C18H17BrN2O2. The fraction of sp³-hybridized carbons (Fsp3) is 0.222. The van der Waals surface area contributed by atoms with E-state index in [4.69, 9.17) is 0 Å². The van der Waals surface area contributed by atoms with Crippen LogP contribution in [0.1, 0.15) is 18.9 Å². The number of para-hydroxylation sites is 1. The third kappa shape index (κ3) is 3.15. The summed E-state index contributed by atoms with van der Waals surface area (Å²) in [7, 11) is 0. The van der Waals surface area contributed by atoms with Gasteiger partial charge in [-0.2, -0.15) is 0 Å². The van der Waals surface area contributed by atoms with Gasteiger partial charge in [-0.15, -0.1) is 0 Å². The van der Waals surface area contributed by atoms with E-state index in [-0.39, 0.29) is 18.2 Å². The Morgan fingerprint density at radius 3 is 2.48 bits per heavy atom. The predicted octanol–water partition coefficient (Wildman–Crippen LogP) is 3.76. The van der Waals surface area contributed by atoms with Crippen LogP contribution < -0.4 is 10.2 Å². The normalized spacial score (nSPS) is 17.7. The summed E-state index contributed by atoms with van der Waals surface area (Å²) in [5.41, 5.74) is 2.62. The Hall–Kier alpha value is -2.14. The summed E-state index contributed by atoms with van der Waals surface area (Å²) in [6.45, 7) is 2.07. The Bertz CT molecular complexity index is 743. The maximum Gasteiger partial charge on any atom is 0.256 e. The number of aryl methyl sites for hydroxylation is 1. The van der Waals surface area contributed by atoms with Crippen molar-refractivity contribution in [1.82, 2.24) is 0 Å². The number of carbonyl (C=O) groups excluding carboxylic acids is 2. The quantitative estimate of drug-likeness (QED) is 0.831. The SMILES string of the molecule is CCc1ccc(N2C(=O)C[C@@H](Nc3ccccc3Br)C2=O)cc1. The molecule has 1 fully saturated rings. The monoisotopic (exact) mass is 372 g/mol. The molecule has 1 saturated heterocycles. The van der Waals surface area contributed by atoms with Gasteiger partial charge in [-0.05, 0) is 52.2 Å². The minimum absolute atomic E-state index is 0.162. The van der Waals surface area contributed by atoms with Crippen molar-refractivity contribution in [2.75, 3.05) is 10.2 Å². The van der Waals surface area contributed by atoms with Gasteiger partial charge in [-0.25, -0.2) is 4.90 Å². The topological polar surface area (TPSA) is 49.4 Å². The molecule has 3 rings (SSSR count). The number of rotatable bonds is 4. The lowest BCUT2D eigenvalue weighted by Gasteiger charge is -2.17. The number of hydrogen-bond acceptors (Lipinski definition) is 3. The van der Waals surface area contributed by atoms with Crippen LogP contribution in [-0.4, -0.2) is 17.9 Å². The van der Waals surface area contributed by atoms with E-state index in [1.807, 2.05) is 48.5 Å². The van der Waals surface area contributed by atoms with E-state index in [0.29, 0.717) is 5.69 Å². The molecule has 2 amide bonds. The number of halogens is 1. The van der Waals surface area contributed by atoms with Crippen LogP contribution in [-0.2, 0) is 16.0 Å². The molecule has 2 aromatic carbocycles. The highest BCUT2D eigenvalue weighted by atomic mass is 79.9. The summed E-state index contributed by atoms with van der Waals surface area (Å²) in [5.74, 6) is -0.390. The van der Waals surface area contributed by atoms with Gasteiger partial charge < -0.3 is 5.32 Å². The molecule has 1 heterocycles. The lowest BCUT2D eigenvalue weighted by atomic mass is 10.1. The van der Waals surface area contributed by atoms with Crippen LogP contribution in [0.25, 0.3) is 0 Å². The van der Waals surface area contributed by atoms with Gasteiger partial charge in [0.25, 0.3) is 5.91 Å². The van der Waals surface area contributed by atoms with Crippen molar-refractivity contribution in [2.24, 2.45) is 0 Å². The number of nitrogens with zero attached hydrogens (tertiary/aromatic N) is 1. The molecule has 5 heteroatoms. The fourth-order valence-electron chi connectivity index (χ4n) is 2.66. The maximum atomic E-state index is 12.6. The van der Waals surface area contributed by atoms with E-state index in [1.165, 1.54) is 10.5 Å². The number of benzene rings is 2. The van der Waals surface area contributed by atoms with E-state index in [2.05, 4.69) is 28.2 Å². The van der Waals surface area contributed by atoms with E-state index in [1.54, 1.807) is 0 Å². The van der Waals surface area contributed by atoms with E-state index >= 15 is 0 Å². The first-order valence-electron chi connectivity index (χ1n) is 7.57. The van der Waals surface area contributed by atoms with Crippen LogP contribution in [0.2, 0.25) is 0 Å². The molecule has 23 heavy (non-hydrogen) atoms. The number of amides is 2. The van der Waals surface area contributed by atoms with Crippen molar-refractivity contribution in [2.45, 2.75) is 25.8 Å². The van der Waals surface area contributed by atoms with Crippen LogP contribution in [0.3, 0.4) is 0 Å². The van der Waals surface area contributed by atoms with Crippen LogP contribution in [0, 0.1) is 0 Å². The van der Waals surface area contributed by atoms with Gasteiger partial charge in [0.2, 0.25) is 5.91 Å². The van der Waals surface area contributed by atoms with Gasteiger partial charge in [-0.1, -0.05) is 31.2 Å². The molecule has 118 valence electrons. The molecule has 0 saturated carbocycles. The summed E-state index contributed by atoms with van der Waals surface area (Å²) in [6.07, 6.45) is 1.09. The molecule has 4 nitrogen and oxygen atoms in total. The Labute approximate surface area is 143 Å². The van der Waals surface area contributed by atoms with Crippen LogP contribution in [0.4, 0.5) is 11.4 Å². The second kappa shape index (κ2) is 6.54. The summed E-state index contributed by atoms with van der Waals surface area (Å²) >= 11 is 3.44. The molecule has 0 bridgehead atoms. The van der Waals surface area contributed by atoms with Crippen molar-refractivity contribution in [3.05, 3.63) is 58.6 Å². The standard InChI is InChI=1S/C18H17BrN2O2/c1-2-12-7-9-13(10-8-12)21-17(22)11-16(18(21)23)20-15-6-4-3-5-14(15)19/h3-10,16,20H,2,11H2,1H3/t16-/m1/s1. The molecule has 1 atom stereocenters. The first-order valence-corrected chi connectivity index (χ1v) is 8.36. The predicted molar refractivity (Wildman–Crippen MR) is 94.5 cm³/mol. The number of hydrogen-bond donors (Lipinski definition) is 1. The summed E-state index contributed by atoms with van der Waals surface area (Å²) in [4.78, 5) is 26.2. The zero-order chi connectivity index (χ0) is 16.4. The minimum atomic E-state index is -0.535. The second-order valence-electron chi connectivity index (χ2n) is 5.47. The van der Waals surface area contributed by atoms with Gasteiger partial charge in [0.05, 0.1) is 12.1 Å². The lowest BCUT2D eigenvalue weighted by molar-refractivity contribution is -0.121. The third-order valence-electron chi connectivity index (χ3n) is 3.95. The van der Waals surface area contributed by atoms with Gasteiger partial charge in [-0.3, -0.25) is 9.59 Å². The second-order valence-corrected chi connectivity index (χ2v) is 6.32. The molecule has 2 aromatic rings. The van der Waals surface area contributed by atoms with E-state index in [9.17, 15) is 9.59 Å². The number of nitrogens with one attached hydrogen (secondary N) is 1. The average Bonchev–Trinajstić information content (AvgIpc) is 2.84. The Balaban J connectivity index is 1.80. The molecule has 1 N–H and O–H groups in total. The largest absolute Gasteiger partial charge is 0.372 e. The van der Waals surface area contributed by atoms with E-state index in [0.717, 1.165) is 16.6 Å².